The molecule has 0 radical (unpaired) electrons. The third kappa shape index (κ3) is 1.78. The Morgan fingerprint density at radius 2 is 2.18 bits per heavy atom. The summed E-state index contributed by atoms with van der Waals surface area (Å²) in [6.07, 6.45) is 5.00. The molecule has 3 unspecified atom stereocenters. The highest BCUT2D eigenvalue weighted by Gasteiger charge is 2.41. The second-order valence-electron chi connectivity index (χ2n) is 5.06. The van der Waals surface area contributed by atoms with E-state index in [0.29, 0.717) is 11.7 Å². The van der Waals surface area contributed by atoms with Crippen molar-refractivity contribution in [2.24, 2.45) is 11.8 Å². The highest BCUT2D eigenvalue weighted by molar-refractivity contribution is 5.44. The van der Waals surface area contributed by atoms with E-state index in [9.17, 15) is 4.39 Å². The SMILES string of the molecule is N#Cc1c(F)cccc1OC1CC2CCC1C2. The summed E-state index contributed by atoms with van der Waals surface area (Å²) in [5, 5.41) is 8.94. The van der Waals surface area contributed by atoms with E-state index in [1.165, 1.54) is 25.3 Å². The molecule has 0 amide bonds. The molecule has 88 valence electrons. The van der Waals surface area contributed by atoms with Gasteiger partial charge in [-0.25, -0.2) is 4.39 Å². The van der Waals surface area contributed by atoms with Crippen molar-refractivity contribution in [3.05, 3.63) is 29.6 Å². The largest absolute Gasteiger partial charge is 0.489 e. The zero-order valence-corrected chi connectivity index (χ0v) is 9.53. The van der Waals surface area contributed by atoms with Crippen molar-refractivity contribution in [1.29, 1.82) is 5.26 Å². The lowest BCUT2D eigenvalue weighted by atomic mass is 9.97. The summed E-state index contributed by atoms with van der Waals surface area (Å²) in [4.78, 5) is 0. The number of fused-ring (bicyclic) bond motifs is 2. The van der Waals surface area contributed by atoms with Crippen LogP contribution in [-0.4, -0.2) is 6.10 Å². The molecule has 0 heterocycles. The minimum absolute atomic E-state index is 0.0373. The molecule has 1 aromatic rings. The molecule has 0 aromatic heterocycles. The molecule has 0 aliphatic heterocycles. The van der Waals surface area contributed by atoms with Gasteiger partial charge in [0.05, 0.1) is 0 Å². The topological polar surface area (TPSA) is 33.0 Å². The molecular formula is C14H14FNO. The normalized spacial score (nSPS) is 30.2. The van der Waals surface area contributed by atoms with Gasteiger partial charge in [0, 0.05) is 0 Å². The van der Waals surface area contributed by atoms with E-state index in [-0.39, 0.29) is 11.7 Å². The summed E-state index contributed by atoms with van der Waals surface area (Å²) in [6.45, 7) is 0. The van der Waals surface area contributed by atoms with Crippen LogP contribution in [0.25, 0.3) is 0 Å². The Kier molecular flexibility index (Phi) is 2.51. The third-order valence-corrected chi connectivity index (χ3v) is 4.04. The van der Waals surface area contributed by atoms with Crippen LogP contribution in [0.5, 0.6) is 5.75 Å². The number of benzene rings is 1. The molecule has 2 nitrogen and oxygen atoms in total. The standard InChI is InChI=1S/C14H14FNO/c15-12-2-1-3-13(11(12)8-16)17-14-7-9-4-5-10(14)6-9/h1-3,9-10,14H,4-7H2. The zero-order valence-electron chi connectivity index (χ0n) is 9.53. The Labute approximate surface area is 100 Å². The lowest BCUT2D eigenvalue weighted by molar-refractivity contribution is 0.137. The first-order valence-corrected chi connectivity index (χ1v) is 6.13. The maximum atomic E-state index is 13.4. The molecule has 3 heteroatoms. The third-order valence-electron chi connectivity index (χ3n) is 4.04. The first-order valence-electron chi connectivity index (χ1n) is 6.13. The molecule has 0 saturated heterocycles. The van der Waals surface area contributed by atoms with Gasteiger partial charge < -0.3 is 4.74 Å². The smallest absolute Gasteiger partial charge is 0.144 e. The molecule has 2 aliphatic rings. The Hall–Kier alpha value is -1.56. The van der Waals surface area contributed by atoms with E-state index in [4.69, 9.17) is 10.00 Å². The number of hydrogen-bond donors (Lipinski definition) is 0. The van der Waals surface area contributed by atoms with Crippen LogP contribution in [0.3, 0.4) is 0 Å². The molecular weight excluding hydrogens is 217 g/mol. The molecule has 2 bridgehead atoms. The van der Waals surface area contributed by atoms with Crippen LogP contribution in [0.4, 0.5) is 4.39 Å². The van der Waals surface area contributed by atoms with Gasteiger partial charge in [0.25, 0.3) is 0 Å². The summed E-state index contributed by atoms with van der Waals surface area (Å²) in [5.74, 6) is 1.30. The van der Waals surface area contributed by atoms with Gasteiger partial charge in [-0.15, -0.1) is 0 Å². The number of ether oxygens (including phenoxy) is 1. The predicted octanol–water partition coefficient (Wildman–Crippen LogP) is 3.26. The summed E-state index contributed by atoms with van der Waals surface area (Å²) < 4.78 is 19.3. The zero-order chi connectivity index (χ0) is 11.8. The fourth-order valence-corrected chi connectivity index (χ4v) is 3.20. The van der Waals surface area contributed by atoms with Gasteiger partial charge in [-0.2, -0.15) is 5.26 Å². The first kappa shape index (κ1) is 10.6. The highest BCUT2D eigenvalue weighted by atomic mass is 19.1. The van der Waals surface area contributed by atoms with Crippen LogP contribution in [0, 0.1) is 29.0 Å². The minimum atomic E-state index is -0.492. The van der Waals surface area contributed by atoms with Gasteiger partial charge in [-0.05, 0) is 49.7 Å². The molecule has 2 fully saturated rings. The van der Waals surface area contributed by atoms with E-state index >= 15 is 0 Å². The van der Waals surface area contributed by atoms with Gasteiger partial charge in [0.2, 0.25) is 0 Å². The summed E-state index contributed by atoms with van der Waals surface area (Å²) in [7, 11) is 0. The number of hydrogen-bond acceptors (Lipinski definition) is 2. The van der Waals surface area contributed by atoms with E-state index in [1.807, 2.05) is 6.07 Å². The number of nitriles is 1. The van der Waals surface area contributed by atoms with Crippen molar-refractivity contribution in [1.82, 2.24) is 0 Å². The van der Waals surface area contributed by atoms with Crippen LogP contribution >= 0.6 is 0 Å². The van der Waals surface area contributed by atoms with E-state index in [2.05, 4.69) is 0 Å². The molecule has 2 aliphatic carbocycles. The molecule has 3 rings (SSSR count). The van der Waals surface area contributed by atoms with Crippen LogP contribution in [0.1, 0.15) is 31.2 Å². The van der Waals surface area contributed by atoms with Crippen molar-refractivity contribution in [3.63, 3.8) is 0 Å². The van der Waals surface area contributed by atoms with E-state index in [0.717, 1.165) is 12.3 Å². The van der Waals surface area contributed by atoms with Gasteiger partial charge in [-0.1, -0.05) is 6.07 Å². The van der Waals surface area contributed by atoms with Crippen molar-refractivity contribution in [3.8, 4) is 11.8 Å². The summed E-state index contributed by atoms with van der Waals surface area (Å²) in [5.41, 5.74) is 0.0373. The van der Waals surface area contributed by atoms with E-state index < -0.39 is 5.82 Å². The number of nitrogens with zero attached hydrogens (tertiary/aromatic N) is 1. The predicted molar refractivity (Wildman–Crippen MR) is 61.0 cm³/mol. The lowest BCUT2D eigenvalue weighted by Crippen LogP contribution is -2.23. The van der Waals surface area contributed by atoms with Crippen LogP contribution in [0.15, 0.2) is 18.2 Å². The van der Waals surface area contributed by atoms with Crippen molar-refractivity contribution in [2.45, 2.75) is 31.8 Å². The first-order chi connectivity index (χ1) is 8.28. The summed E-state index contributed by atoms with van der Waals surface area (Å²) >= 11 is 0. The minimum Gasteiger partial charge on any atom is -0.489 e. The molecule has 17 heavy (non-hydrogen) atoms. The maximum Gasteiger partial charge on any atom is 0.144 e. The van der Waals surface area contributed by atoms with Gasteiger partial charge in [0.1, 0.15) is 29.3 Å². The van der Waals surface area contributed by atoms with Gasteiger partial charge >= 0.3 is 0 Å². The monoisotopic (exact) mass is 231 g/mol. The van der Waals surface area contributed by atoms with Crippen molar-refractivity contribution < 1.29 is 9.13 Å². The molecule has 0 spiro atoms. The van der Waals surface area contributed by atoms with Gasteiger partial charge in [-0.3, -0.25) is 0 Å². The Bertz CT molecular complexity index is 480. The average molecular weight is 231 g/mol. The highest BCUT2D eigenvalue weighted by Crippen LogP contribution is 2.46. The number of halogens is 1. The van der Waals surface area contributed by atoms with Crippen molar-refractivity contribution in [2.75, 3.05) is 0 Å². The number of rotatable bonds is 2. The van der Waals surface area contributed by atoms with Crippen LogP contribution in [-0.2, 0) is 0 Å². The molecule has 0 N–H and O–H groups in total. The quantitative estimate of drug-likeness (QED) is 0.782. The van der Waals surface area contributed by atoms with Gasteiger partial charge in [0.15, 0.2) is 0 Å². The van der Waals surface area contributed by atoms with Crippen LogP contribution < -0.4 is 4.74 Å². The van der Waals surface area contributed by atoms with E-state index in [1.54, 1.807) is 12.1 Å². The van der Waals surface area contributed by atoms with Crippen molar-refractivity contribution >= 4 is 0 Å². The molecule has 3 atom stereocenters. The van der Waals surface area contributed by atoms with Crippen LogP contribution in [0.2, 0.25) is 0 Å². The maximum absolute atomic E-state index is 13.4. The average Bonchev–Trinajstić information content (AvgIpc) is 2.91. The Morgan fingerprint density at radius 3 is 2.82 bits per heavy atom. The fraction of sp³-hybridized carbons (Fsp3) is 0.500. The molecule has 2 saturated carbocycles. The second kappa shape index (κ2) is 4.03. The lowest BCUT2D eigenvalue weighted by Gasteiger charge is -2.23. The summed E-state index contributed by atoms with van der Waals surface area (Å²) in [6, 6.07) is 6.46. The molecule has 1 aromatic carbocycles. The second-order valence-corrected chi connectivity index (χ2v) is 5.06. The Balaban J connectivity index is 1.82. The Morgan fingerprint density at radius 1 is 1.29 bits per heavy atom. The fourth-order valence-electron chi connectivity index (χ4n) is 3.20.